The molecule has 4 rings (SSSR count). The fraction of sp³-hybridized carbons (Fsp3) is 0.217. The van der Waals surface area contributed by atoms with Crippen molar-refractivity contribution in [1.29, 1.82) is 0 Å². The lowest BCUT2D eigenvalue weighted by Gasteiger charge is -2.34. The number of allylic oxidation sites excluding steroid dienone is 3. The number of aliphatic imine (C=N–C) groups is 1. The van der Waals surface area contributed by atoms with Crippen molar-refractivity contribution >= 4 is 34.2 Å². The van der Waals surface area contributed by atoms with E-state index in [2.05, 4.69) is 36.1 Å². The van der Waals surface area contributed by atoms with E-state index < -0.39 is 11.7 Å². The van der Waals surface area contributed by atoms with Gasteiger partial charge in [0.05, 0.1) is 11.3 Å². The number of ketones is 1. The Hall–Kier alpha value is -3.54. The van der Waals surface area contributed by atoms with Gasteiger partial charge in [-0.1, -0.05) is 45.0 Å². The topological polar surface area (TPSA) is 91.4 Å². The molecule has 0 bridgehead atoms. The molecule has 146 valence electrons. The number of benzene rings is 1. The Morgan fingerprint density at radius 3 is 2.62 bits per heavy atom. The van der Waals surface area contributed by atoms with E-state index in [4.69, 9.17) is 0 Å². The Kier molecular flexibility index (Phi) is 4.42. The number of carbonyl (C=O) groups is 3. The minimum atomic E-state index is -0.849. The molecule has 2 aliphatic rings. The number of aromatic nitrogens is 1. The first-order valence-corrected chi connectivity index (χ1v) is 9.40. The number of para-hydroxylation sites is 1. The van der Waals surface area contributed by atoms with E-state index >= 15 is 0 Å². The largest absolute Gasteiger partial charge is 0.360 e. The van der Waals surface area contributed by atoms with Gasteiger partial charge in [-0.25, -0.2) is 4.99 Å². The summed E-state index contributed by atoms with van der Waals surface area (Å²) in [6.45, 7) is 6.15. The maximum Gasteiger partial charge on any atom is 0.318 e. The number of nitrogens with one attached hydrogen (secondary N) is 2. The van der Waals surface area contributed by atoms with Crippen LogP contribution in [0.3, 0.4) is 0 Å². The zero-order chi connectivity index (χ0) is 20.8. The summed E-state index contributed by atoms with van der Waals surface area (Å²) < 4.78 is 0. The van der Waals surface area contributed by atoms with Gasteiger partial charge >= 0.3 is 5.91 Å². The van der Waals surface area contributed by atoms with Crippen molar-refractivity contribution in [2.24, 2.45) is 16.3 Å². The van der Waals surface area contributed by atoms with Crippen LogP contribution in [0.4, 0.5) is 0 Å². The molecule has 1 atom stereocenters. The van der Waals surface area contributed by atoms with Gasteiger partial charge in [0.1, 0.15) is 0 Å². The predicted molar refractivity (Wildman–Crippen MR) is 111 cm³/mol. The number of hydrogen-bond donors (Lipinski definition) is 2. The zero-order valence-corrected chi connectivity index (χ0v) is 16.4. The van der Waals surface area contributed by atoms with Crippen LogP contribution in [0.25, 0.3) is 10.9 Å². The molecular formula is C23H21N3O3. The van der Waals surface area contributed by atoms with Crippen molar-refractivity contribution in [2.45, 2.75) is 20.8 Å². The lowest BCUT2D eigenvalue weighted by atomic mass is 9.74. The molecule has 2 amide bonds. The molecule has 1 aliphatic heterocycles. The molecule has 0 fully saturated rings. The minimum absolute atomic E-state index is 0.0777. The molecule has 6 heteroatoms. The number of nitrogens with zero attached hydrogens (tertiary/aromatic N) is 1. The van der Waals surface area contributed by atoms with Crippen LogP contribution >= 0.6 is 0 Å². The molecule has 1 aromatic heterocycles. The Morgan fingerprint density at radius 1 is 1.10 bits per heavy atom. The number of H-pyrrole nitrogens is 1. The highest BCUT2D eigenvalue weighted by Crippen LogP contribution is 2.38. The summed E-state index contributed by atoms with van der Waals surface area (Å²) >= 11 is 0. The fourth-order valence-corrected chi connectivity index (χ4v) is 3.69. The lowest BCUT2D eigenvalue weighted by molar-refractivity contribution is -0.116. The van der Waals surface area contributed by atoms with Crippen LogP contribution in [0.5, 0.6) is 0 Å². The van der Waals surface area contributed by atoms with E-state index in [-0.39, 0.29) is 17.2 Å². The number of hydrogen-bond acceptors (Lipinski definition) is 3. The van der Waals surface area contributed by atoms with Gasteiger partial charge in [-0.15, -0.1) is 0 Å². The van der Waals surface area contributed by atoms with Gasteiger partial charge in [-0.2, -0.15) is 0 Å². The fourth-order valence-electron chi connectivity index (χ4n) is 3.69. The van der Waals surface area contributed by atoms with E-state index in [0.29, 0.717) is 22.4 Å². The second-order valence-corrected chi connectivity index (χ2v) is 8.19. The molecular weight excluding hydrogens is 366 g/mol. The van der Waals surface area contributed by atoms with E-state index in [9.17, 15) is 14.4 Å². The molecule has 0 saturated heterocycles. The summed E-state index contributed by atoms with van der Waals surface area (Å²) in [7, 11) is 0. The molecule has 0 radical (unpaired) electrons. The van der Waals surface area contributed by atoms with Crippen molar-refractivity contribution in [1.82, 2.24) is 10.3 Å². The third kappa shape index (κ3) is 3.49. The molecule has 2 N–H and O–H groups in total. The first-order valence-electron chi connectivity index (χ1n) is 9.40. The number of fused-ring (bicyclic) bond motifs is 2. The third-order valence-corrected chi connectivity index (χ3v) is 5.11. The van der Waals surface area contributed by atoms with Gasteiger partial charge < -0.3 is 10.3 Å². The summed E-state index contributed by atoms with van der Waals surface area (Å²) in [6.07, 6.45) is 8.42. The van der Waals surface area contributed by atoms with Gasteiger partial charge in [-0.05, 0) is 29.2 Å². The van der Waals surface area contributed by atoms with Gasteiger partial charge in [0.15, 0.2) is 0 Å². The van der Waals surface area contributed by atoms with Crippen LogP contribution in [-0.2, 0) is 9.59 Å². The second-order valence-electron chi connectivity index (χ2n) is 8.19. The molecule has 6 nitrogen and oxygen atoms in total. The average Bonchev–Trinajstić information content (AvgIpc) is 3.09. The Bertz CT molecular complexity index is 1170. The minimum Gasteiger partial charge on any atom is -0.360 e. The predicted octanol–water partition coefficient (Wildman–Crippen LogP) is 3.49. The molecule has 2 heterocycles. The zero-order valence-electron chi connectivity index (χ0n) is 16.4. The maximum absolute atomic E-state index is 12.6. The summed E-state index contributed by atoms with van der Waals surface area (Å²) in [5.74, 6) is -1.80. The summed E-state index contributed by atoms with van der Waals surface area (Å²) in [4.78, 5) is 44.1. The van der Waals surface area contributed by atoms with E-state index in [1.54, 1.807) is 24.3 Å². The summed E-state index contributed by atoms with van der Waals surface area (Å²) in [5.41, 5.74) is 2.89. The van der Waals surface area contributed by atoms with Crippen LogP contribution in [0.15, 0.2) is 71.0 Å². The molecule has 1 aliphatic carbocycles. The smallest absolute Gasteiger partial charge is 0.318 e. The Labute approximate surface area is 168 Å². The molecule has 0 saturated carbocycles. The van der Waals surface area contributed by atoms with Crippen molar-refractivity contribution in [3.63, 3.8) is 0 Å². The number of rotatable bonds is 2. The highest BCUT2D eigenvalue weighted by molar-refractivity contribution is 6.46. The number of carbonyl (C=O) groups excluding carboxylic acids is 3. The Morgan fingerprint density at radius 2 is 1.86 bits per heavy atom. The first-order chi connectivity index (χ1) is 13.7. The van der Waals surface area contributed by atoms with Gasteiger partial charge in [0, 0.05) is 34.8 Å². The van der Waals surface area contributed by atoms with Crippen LogP contribution in [0.2, 0.25) is 0 Å². The molecule has 1 aromatic carbocycles. The monoisotopic (exact) mass is 387 g/mol. The highest BCUT2D eigenvalue weighted by atomic mass is 16.2. The first kappa shape index (κ1) is 18.8. The quantitative estimate of drug-likeness (QED) is 0.610. The van der Waals surface area contributed by atoms with Crippen LogP contribution in [-0.4, -0.2) is 28.3 Å². The molecule has 1 unspecified atom stereocenters. The number of Topliss-reactive ketones (excluding diaryl/α,β-unsaturated/α-hetero) is 1. The standard InChI is InChI=1S/C23H21N3O3/c1-23(2,3)17-11-20(27)26-19-10-13(8-9-15(17)19)25-22(29)21(28)16-12-24-18-7-5-4-6-14(16)18/h4-12,15,24H,1-3H3,(H,26,27). The van der Waals surface area contributed by atoms with Gasteiger partial charge in [-0.3, -0.25) is 14.4 Å². The summed E-state index contributed by atoms with van der Waals surface area (Å²) in [6, 6.07) is 7.28. The Balaban J connectivity index is 1.62. The van der Waals surface area contributed by atoms with Crippen molar-refractivity contribution in [2.75, 3.05) is 0 Å². The number of amides is 2. The molecule has 29 heavy (non-hydrogen) atoms. The normalized spacial score (nSPS) is 20.2. The molecule has 0 spiro atoms. The molecule has 2 aromatic rings. The average molecular weight is 387 g/mol. The van der Waals surface area contributed by atoms with E-state index in [1.165, 1.54) is 6.20 Å². The maximum atomic E-state index is 12.6. The third-order valence-electron chi connectivity index (χ3n) is 5.11. The second kappa shape index (κ2) is 6.81. The van der Waals surface area contributed by atoms with E-state index in [0.717, 1.165) is 11.1 Å². The van der Waals surface area contributed by atoms with Crippen LogP contribution < -0.4 is 5.32 Å². The highest BCUT2D eigenvalue weighted by Gasteiger charge is 2.33. The van der Waals surface area contributed by atoms with E-state index in [1.807, 2.05) is 24.3 Å². The van der Waals surface area contributed by atoms with Gasteiger partial charge in [0.25, 0.3) is 5.78 Å². The summed E-state index contributed by atoms with van der Waals surface area (Å²) in [5, 5.41) is 3.50. The van der Waals surface area contributed by atoms with Crippen LogP contribution in [0, 0.1) is 11.3 Å². The van der Waals surface area contributed by atoms with Crippen molar-refractivity contribution in [3.8, 4) is 0 Å². The van der Waals surface area contributed by atoms with Crippen molar-refractivity contribution < 1.29 is 14.4 Å². The van der Waals surface area contributed by atoms with Crippen molar-refractivity contribution in [3.05, 3.63) is 71.6 Å². The SMILES string of the molecule is CC(C)(C)C1=CC(=O)NC2=CC(=NC(=O)C(=O)c3c[nH]c4ccccc34)C=CC21. The van der Waals surface area contributed by atoms with Gasteiger partial charge in [0.2, 0.25) is 5.91 Å². The lowest BCUT2D eigenvalue weighted by Crippen LogP contribution is -2.36. The number of aromatic amines is 1. The van der Waals surface area contributed by atoms with Crippen LogP contribution in [0.1, 0.15) is 31.1 Å².